The van der Waals surface area contributed by atoms with E-state index in [0.717, 1.165) is 0 Å². The number of nitrogens with one attached hydrogen (secondary N) is 1. The molecule has 0 saturated heterocycles. The number of para-hydroxylation sites is 1. The van der Waals surface area contributed by atoms with Gasteiger partial charge in [0.1, 0.15) is 11.8 Å². The quantitative estimate of drug-likeness (QED) is 0.768. The maximum Gasteiger partial charge on any atom is 0.326 e. The second-order valence-electron chi connectivity index (χ2n) is 4.07. The lowest BCUT2D eigenvalue weighted by Crippen LogP contribution is -2.41. The largest absolute Gasteiger partial charge is 0.493 e. The molecule has 1 amide bonds. The van der Waals surface area contributed by atoms with Gasteiger partial charge in [-0.15, -0.1) is 0 Å². The van der Waals surface area contributed by atoms with E-state index in [0.29, 0.717) is 30.1 Å². The molecule has 1 aromatic rings. The second kappa shape index (κ2) is 8.47. The Labute approximate surface area is 122 Å². The van der Waals surface area contributed by atoms with Gasteiger partial charge in [-0.3, -0.25) is 4.79 Å². The summed E-state index contributed by atoms with van der Waals surface area (Å²) in [7, 11) is 0. The number of amides is 1. The molecule has 5 nitrogen and oxygen atoms in total. The Bertz CT molecular complexity index is 464. The number of carboxylic acid groups (broad SMARTS) is 1. The van der Waals surface area contributed by atoms with Gasteiger partial charge in [-0.05, 0) is 37.5 Å². The van der Waals surface area contributed by atoms with Crippen LogP contribution < -0.4 is 10.1 Å². The van der Waals surface area contributed by atoms with Crippen LogP contribution in [-0.4, -0.2) is 41.6 Å². The molecule has 0 unspecified atom stereocenters. The van der Waals surface area contributed by atoms with E-state index in [-0.39, 0.29) is 0 Å². The van der Waals surface area contributed by atoms with Gasteiger partial charge in [0.2, 0.25) is 0 Å². The van der Waals surface area contributed by atoms with Crippen LogP contribution in [0.3, 0.4) is 0 Å². The van der Waals surface area contributed by atoms with Crippen molar-refractivity contribution in [3.8, 4) is 5.75 Å². The highest BCUT2D eigenvalue weighted by atomic mass is 32.2. The summed E-state index contributed by atoms with van der Waals surface area (Å²) in [6.07, 6.45) is 2.28. The van der Waals surface area contributed by atoms with E-state index >= 15 is 0 Å². The number of aliphatic carboxylic acids is 1. The third-order valence-electron chi connectivity index (χ3n) is 2.65. The van der Waals surface area contributed by atoms with Gasteiger partial charge >= 0.3 is 5.97 Å². The minimum atomic E-state index is -1.03. The van der Waals surface area contributed by atoms with E-state index in [1.165, 1.54) is 0 Å². The van der Waals surface area contributed by atoms with E-state index in [1.807, 2.05) is 13.2 Å². The maximum atomic E-state index is 12.2. The van der Waals surface area contributed by atoms with Gasteiger partial charge < -0.3 is 15.2 Å². The topological polar surface area (TPSA) is 75.6 Å². The number of ether oxygens (including phenoxy) is 1. The Morgan fingerprint density at radius 3 is 2.70 bits per heavy atom. The monoisotopic (exact) mass is 297 g/mol. The molecule has 6 heteroatoms. The maximum absolute atomic E-state index is 12.2. The molecular weight excluding hydrogens is 278 g/mol. The van der Waals surface area contributed by atoms with E-state index in [2.05, 4.69) is 5.32 Å². The first-order valence-electron chi connectivity index (χ1n) is 6.34. The minimum Gasteiger partial charge on any atom is -0.493 e. The highest BCUT2D eigenvalue weighted by molar-refractivity contribution is 7.98. The first-order chi connectivity index (χ1) is 9.60. The highest BCUT2D eigenvalue weighted by Gasteiger charge is 2.21. The van der Waals surface area contributed by atoms with E-state index in [9.17, 15) is 9.59 Å². The number of benzene rings is 1. The Hall–Kier alpha value is -1.69. The van der Waals surface area contributed by atoms with Crippen molar-refractivity contribution in [3.63, 3.8) is 0 Å². The van der Waals surface area contributed by atoms with Crippen LogP contribution in [0.1, 0.15) is 23.7 Å². The van der Waals surface area contributed by atoms with Gasteiger partial charge in [0.15, 0.2) is 0 Å². The summed E-state index contributed by atoms with van der Waals surface area (Å²) in [6, 6.07) is 5.91. The summed E-state index contributed by atoms with van der Waals surface area (Å²) in [5.74, 6) is -0.324. The Morgan fingerprint density at radius 2 is 2.10 bits per heavy atom. The van der Waals surface area contributed by atoms with Crippen molar-refractivity contribution in [2.75, 3.05) is 18.6 Å². The van der Waals surface area contributed by atoms with Crippen LogP contribution in [0.2, 0.25) is 0 Å². The van der Waals surface area contributed by atoms with Gasteiger partial charge in [-0.2, -0.15) is 11.8 Å². The third kappa shape index (κ3) is 4.77. The summed E-state index contributed by atoms with van der Waals surface area (Å²) in [6.45, 7) is 2.27. The van der Waals surface area contributed by atoms with Crippen LogP contribution in [0.15, 0.2) is 24.3 Å². The van der Waals surface area contributed by atoms with Crippen molar-refractivity contribution < 1.29 is 19.4 Å². The molecule has 0 aliphatic carbocycles. The van der Waals surface area contributed by atoms with Gasteiger partial charge in [0, 0.05) is 0 Å². The van der Waals surface area contributed by atoms with Crippen molar-refractivity contribution in [1.82, 2.24) is 5.32 Å². The van der Waals surface area contributed by atoms with Crippen molar-refractivity contribution in [2.45, 2.75) is 19.4 Å². The van der Waals surface area contributed by atoms with Crippen LogP contribution in [0.5, 0.6) is 5.75 Å². The molecule has 0 aromatic heterocycles. The molecule has 0 heterocycles. The number of carbonyl (C=O) groups is 2. The average Bonchev–Trinajstić information content (AvgIpc) is 2.43. The highest BCUT2D eigenvalue weighted by Crippen LogP contribution is 2.18. The predicted molar refractivity (Wildman–Crippen MR) is 79.5 cm³/mol. The normalized spacial score (nSPS) is 11.7. The third-order valence-corrected chi connectivity index (χ3v) is 3.29. The fourth-order valence-electron chi connectivity index (χ4n) is 1.66. The van der Waals surface area contributed by atoms with E-state index in [1.54, 1.807) is 36.0 Å². The SMILES string of the molecule is CCOc1ccccc1C(=O)N[C@H](CCSC)C(=O)O. The zero-order valence-electron chi connectivity index (χ0n) is 11.6. The van der Waals surface area contributed by atoms with Crippen molar-refractivity contribution in [1.29, 1.82) is 0 Å². The molecule has 1 rings (SSSR count). The van der Waals surface area contributed by atoms with Crippen LogP contribution in [0.25, 0.3) is 0 Å². The summed E-state index contributed by atoms with van der Waals surface area (Å²) >= 11 is 1.54. The van der Waals surface area contributed by atoms with Crippen molar-refractivity contribution >= 4 is 23.6 Å². The second-order valence-corrected chi connectivity index (χ2v) is 5.06. The van der Waals surface area contributed by atoms with Crippen molar-refractivity contribution in [3.05, 3.63) is 29.8 Å². The van der Waals surface area contributed by atoms with E-state index < -0.39 is 17.9 Å². The van der Waals surface area contributed by atoms with Crippen LogP contribution in [0.4, 0.5) is 0 Å². The molecule has 2 N–H and O–H groups in total. The standard InChI is InChI=1S/C14H19NO4S/c1-3-19-12-7-5-4-6-10(12)13(16)15-11(14(17)18)8-9-20-2/h4-7,11H,3,8-9H2,1-2H3,(H,15,16)(H,17,18)/t11-/m1/s1. The summed E-state index contributed by atoms with van der Waals surface area (Å²) in [4.78, 5) is 23.3. The van der Waals surface area contributed by atoms with Gasteiger partial charge in [-0.1, -0.05) is 12.1 Å². The fourth-order valence-corrected chi connectivity index (χ4v) is 2.14. The van der Waals surface area contributed by atoms with Crippen LogP contribution in [-0.2, 0) is 4.79 Å². The number of hydrogen-bond acceptors (Lipinski definition) is 4. The average molecular weight is 297 g/mol. The van der Waals surface area contributed by atoms with Crippen LogP contribution >= 0.6 is 11.8 Å². The number of carboxylic acids is 1. The molecule has 0 aliphatic heterocycles. The molecule has 0 aliphatic rings. The summed E-state index contributed by atoms with van der Waals surface area (Å²) in [5.41, 5.74) is 0.352. The molecule has 0 spiro atoms. The molecule has 1 atom stereocenters. The molecule has 1 aromatic carbocycles. The molecule has 0 fully saturated rings. The fraction of sp³-hybridized carbons (Fsp3) is 0.429. The smallest absolute Gasteiger partial charge is 0.326 e. The molecule has 0 saturated carbocycles. The Kier molecular flexibility index (Phi) is 6.93. The first kappa shape index (κ1) is 16.4. The van der Waals surface area contributed by atoms with Gasteiger partial charge in [0.25, 0.3) is 5.91 Å². The summed E-state index contributed by atoms with van der Waals surface area (Å²) < 4.78 is 5.37. The molecular formula is C14H19NO4S. The van der Waals surface area contributed by atoms with E-state index in [4.69, 9.17) is 9.84 Å². The lowest BCUT2D eigenvalue weighted by molar-refractivity contribution is -0.139. The number of rotatable bonds is 8. The van der Waals surface area contributed by atoms with Gasteiger partial charge in [0.05, 0.1) is 12.2 Å². The summed E-state index contributed by atoms with van der Waals surface area (Å²) in [5, 5.41) is 11.6. The number of hydrogen-bond donors (Lipinski definition) is 2. The minimum absolute atomic E-state index is 0.352. The Morgan fingerprint density at radius 1 is 1.40 bits per heavy atom. The number of carbonyl (C=O) groups excluding carboxylic acids is 1. The number of thioether (sulfide) groups is 1. The lowest BCUT2D eigenvalue weighted by Gasteiger charge is -2.15. The zero-order chi connectivity index (χ0) is 15.0. The van der Waals surface area contributed by atoms with Crippen molar-refractivity contribution in [2.24, 2.45) is 0 Å². The molecule has 0 radical (unpaired) electrons. The predicted octanol–water partition coefficient (Wildman–Crippen LogP) is 2.02. The first-order valence-corrected chi connectivity index (χ1v) is 7.74. The van der Waals surface area contributed by atoms with Crippen LogP contribution in [0, 0.1) is 0 Å². The molecule has 0 bridgehead atoms. The van der Waals surface area contributed by atoms with Gasteiger partial charge in [-0.25, -0.2) is 4.79 Å². The molecule has 20 heavy (non-hydrogen) atoms. The Balaban J connectivity index is 2.80. The molecule has 110 valence electrons. The zero-order valence-corrected chi connectivity index (χ0v) is 12.4. The lowest BCUT2D eigenvalue weighted by atomic mass is 10.1.